The maximum absolute atomic E-state index is 11.7. The van der Waals surface area contributed by atoms with Crippen LogP contribution in [0.5, 0.6) is 0 Å². The average Bonchev–Trinajstić information content (AvgIpc) is 2.92. The number of nitrogens with one attached hydrogen (secondary N) is 1. The summed E-state index contributed by atoms with van der Waals surface area (Å²) in [5, 5.41) is 4.32. The zero-order chi connectivity index (χ0) is 18.7. The molecule has 3 aromatic rings. The van der Waals surface area contributed by atoms with Gasteiger partial charge < -0.3 is 15.0 Å². The minimum Gasteiger partial charge on any atom is -0.449 e. The summed E-state index contributed by atoms with van der Waals surface area (Å²) in [7, 11) is 0. The first kappa shape index (κ1) is 18.1. The number of benzene rings is 2. The van der Waals surface area contributed by atoms with Crippen LogP contribution in [0.1, 0.15) is 20.3 Å². The summed E-state index contributed by atoms with van der Waals surface area (Å²) in [5.74, 6) is 0. The second kappa shape index (κ2) is 7.70. The SMILES string of the molecule is CCCOC(=O)Nc1ccc(-c2c(N)c3cc(Cl)ccc3n2CC)cc1. The Morgan fingerprint density at radius 3 is 2.58 bits per heavy atom. The second-order valence-electron chi connectivity index (χ2n) is 6.01. The zero-order valence-corrected chi connectivity index (χ0v) is 15.6. The molecule has 5 nitrogen and oxygen atoms in total. The van der Waals surface area contributed by atoms with Gasteiger partial charge in [0.05, 0.1) is 23.5 Å². The van der Waals surface area contributed by atoms with Gasteiger partial charge in [0.15, 0.2) is 0 Å². The number of aryl methyl sites for hydroxylation is 1. The maximum atomic E-state index is 11.7. The minimum absolute atomic E-state index is 0.402. The molecule has 6 heteroatoms. The van der Waals surface area contributed by atoms with E-state index < -0.39 is 6.09 Å². The summed E-state index contributed by atoms with van der Waals surface area (Å²) in [6.45, 7) is 5.22. The van der Waals surface area contributed by atoms with Crippen LogP contribution in [0.3, 0.4) is 0 Å². The number of carbonyl (C=O) groups is 1. The molecule has 0 saturated heterocycles. The third kappa shape index (κ3) is 3.48. The van der Waals surface area contributed by atoms with Crippen molar-refractivity contribution in [2.45, 2.75) is 26.8 Å². The van der Waals surface area contributed by atoms with Crippen molar-refractivity contribution in [3.8, 4) is 11.3 Å². The van der Waals surface area contributed by atoms with E-state index in [9.17, 15) is 4.79 Å². The van der Waals surface area contributed by atoms with Crippen LogP contribution in [0.25, 0.3) is 22.2 Å². The lowest BCUT2D eigenvalue weighted by molar-refractivity contribution is 0.161. The van der Waals surface area contributed by atoms with Crippen molar-refractivity contribution in [3.63, 3.8) is 0 Å². The Kier molecular flexibility index (Phi) is 5.38. The fourth-order valence-corrected chi connectivity index (χ4v) is 3.22. The van der Waals surface area contributed by atoms with Crippen LogP contribution >= 0.6 is 11.6 Å². The molecular weight excluding hydrogens is 350 g/mol. The van der Waals surface area contributed by atoms with Crippen LogP contribution in [-0.2, 0) is 11.3 Å². The van der Waals surface area contributed by atoms with Crippen molar-refractivity contribution >= 4 is 40.0 Å². The molecule has 0 aliphatic heterocycles. The molecule has 0 spiro atoms. The molecule has 1 amide bonds. The lowest BCUT2D eigenvalue weighted by Crippen LogP contribution is -2.13. The third-order valence-electron chi connectivity index (χ3n) is 4.22. The molecule has 1 heterocycles. The summed E-state index contributed by atoms with van der Waals surface area (Å²) in [5.41, 5.74) is 10.8. The van der Waals surface area contributed by atoms with Gasteiger partial charge in [-0.15, -0.1) is 0 Å². The second-order valence-corrected chi connectivity index (χ2v) is 6.44. The van der Waals surface area contributed by atoms with Gasteiger partial charge >= 0.3 is 6.09 Å². The third-order valence-corrected chi connectivity index (χ3v) is 4.46. The van der Waals surface area contributed by atoms with E-state index in [1.54, 1.807) is 0 Å². The van der Waals surface area contributed by atoms with E-state index >= 15 is 0 Å². The lowest BCUT2D eigenvalue weighted by Gasteiger charge is -2.10. The van der Waals surface area contributed by atoms with Gasteiger partial charge in [0.1, 0.15) is 0 Å². The van der Waals surface area contributed by atoms with Gasteiger partial charge in [-0.1, -0.05) is 30.7 Å². The number of nitrogen functional groups attached to an aromatic ring is 1. The van der Waals surface area contributed by atoms with E-state index in [0.29, 0.717) is 23.0 Å². The van der Waals surface area contributed by atoms with Crippen LogP contribution < -0.4 is 11.1 Å². The summed E-state index contributed by atoms with van der Waals surface area (Å²) in [6.07, 6.45) is 0.341. The van der Waals surface area contributed by atoms with Crippen LogP contribution in [0.15, 0.2) is 42.5 Å². The topological polar surface area (TPSA) is 69.3 Å². The van der Waals surface area contributed by atoms with E-state index in [1.807, 2.05) is 49.4 Å². The van der Waals surface area contributed by atoms with Gasteiger partial charge in [0.2, 0.25) is 0 Å². The monoisotopic (exact) mass is 371 g/mol. The number of aromatic nitrogens is 1. The molecule has 136 valence electrons. The zero-order valence-electron chi connectivity index (χ0n) is 14.9. The molecule has 0 fully saturated rings. The summed E-state index contributed by atoms with van der Waals surface area (Å²) in [4.78, 5) is 11.7. The normalized spacial score (nSPS) is 10.9. The highest BCUT2D eigenvalue weighted by Gasteiger charge is 2.16. The number of carbonyl (C=O) groups excluding carboxylic acids is 1. The largest absolute Gasteiger partial charge is 0.449 e. The fourth-order valence-electron chi connectivity index (χ4n) is 3.05. The number of ether oxygens (including phenoxy) is 1. The van der Waals surface area contributed by atoms with Gasteiger partial charge in [-0.2, -0.15) is 0 Å². The Balaban J connectivity index is 1.94. The maximum Gasteiger partial charge on any atom is 0.411 e. The molecule has 0 unspecified atom stereocenters. The number of fused-ring (bicyclic) bond motifs is 1. The number of nitrogens with two attached hydrogens (primary N) is 1. The van der Waals surface area contributed by atoms with Crippen molar-refractivity contribution in [1.82, 2.24) is 4.57 Å². The predicted octanol–water partition coefficient (Wildman–Crippen LogP) is 5.52. The van der Waals surface area contributed by atoms with Crippen molar-refractivity contribution in [2.75, 3.05) is 17.7 Å². The minimum atomic E-state index is -0.448. The Morgan fingerprint density at radius 1 is 1.19 bits per heavy atom. The summed E-state index contributed by atoms with van der Waals surface area (Å²) in [6, 6.07) is 13.3. The molecule has 0 aliphatic rings. The van der Waals surface area contributed by atoms with E-state index in [4.69, 9.17) is 22.1 Å². The molecule has 0 aliphatic carbocycles. The highest BCUT2D eigenvalue weighted by Crippen LogP contribution is 2.37. The summed E-state index contributed by atoms with van der Waals surface area (Å²) < 4.78 is 7.20. The standard InChI is InChI=1S/C20H22ClN3O2/c1-3-11-26-20(25)23-15-8-5-13(6-9-15)19-18(22)16-12-14(21)7-10-17(16)24(19)4-2/h5-10,12H,3-4,11,22H2,1-2H3,(H,23,25). The van der Waals surface area contributed by atoms with E-state index in [-0.39, 0.29) is 0 Å². The molecule has 2 aromatic carbocycles. The molecule has 3 N–H and O–H groups in total. The molecule has 0 atom stereocenters. The average molecular weight is 372 g/mol. The first-order valence-corrected chi connectivity index (χ1v) is 9.04. The Hall–Kier alpha value is -2.66. The first-order valence-electron chi connectivity index (χ1n) is 8.66. The van der Waals surface area contributed by atoms with Gasteiger partial charge in [0.25, 0.3) is 0 Å². The van der Waals surface area contributed by atoms with E-state index in [0.717, 1.165) is 35.1 Å². The molecule has 3 rings (SSSR count). The number of nitrogens with zero attached hydrogens (tertiary/aromatic N) is 1. The van der Waals surface area contributed by atoms with Crippen molar-refractivity contribution in [3.05, 3.63) is 47.5 Å². The van der Waals surface area contributed by atoms with Crippen molar-refractivity contribution in [1.29, 1.82) is 0 Å². The Morgan fingerprint density at radius 2 is 1.92 bits per heavy atom. The van der Waals surface area contributed by atoms with E-state index in [1.165, 1.54) is 0 Å². The van der Waals surface area contributed by atoms with Crippen molar-refractivity contribution in [2.24, 2.45) is 0 Å². The highest BCUT2D eigenvalue weighted by molar-refractivity contribution is 6.31. The molecular formula is C20H22ClN3O2. The molecule has 1 aromatic heterocycles. The Labute approximate surface area is 157 Å². The van der Waals surface area contributed by atoms with Gasteiger partial charge in [-0.3, -0.25) is 5.32 Å². The first-order chi connectivity index (χ1) is 12.5. The van der Waals surface area contributed by atoms with Gasteiger partial charge in [0, 0.05) is 28.2 Å². The van der Waals surface area contributed by atoms with Crippen LogP contribution in [0, 0.1) is 0 Å². The van der Waals surface area contributed by atoms with Crippen LogP contribution in [-0.4, -0.2) is 17.3 Å². The number of amides is 1. The van der Waals surface area contributed by atoms with Crippen LogP contribution in [0.4, 0.5) is 16.2 Å². The predicted molar refractivity (Wildman–Crippen MR) is 108 cm³/mol. The number of hydrogen-bond acceptors (Lipinski definition) is 3. The van der Waals surface area contributed by atoms with Gasteiger partial charge in [-0.05, 0) is 43.7 Å². The molecule has 26 heavy (non-hydrogen) atoms. The quantitative estimate of drug-likeness (QED) is 0.620. The molecule has 0 radical (unpaired) electrons. The number of anilines is 2. The number of halogens is 1. The highest BCUT2D eigenvalue weighted by atomic mass is 35.5. The molecule has 0 bridgehead atoms. The van der Waals surface area contributed by atoms with Crippen molar-refractivity contribution < 1.29 is 9.53 Å². The smallest absolute Gasteiger partial charge is 0.411 e. The van der Waals surface area contributed by atoms with E-state index in [2.05, 4.69) is 16.8 Å². The van der Waals surface area contributed by atoms with Gasteiger partial charge in [-0.25, -0.2) is 4.79 Å². The van der Waals surface area contributed by atoms with Crippen LogP contribution in [0.2, 0.25) is 5.02 Å². The summed E-state index contributed by atoms with van der Waals surface area (Å²) >= 11 is 6.13. The Bertz CT molecular complexity index is 932. The lowest BCUT2D eigenvalue weighted by atomic mass is 10.1. The number of rotatable bonds is 5. The number of hydrogen-bond donors (Lipinski definition) is 2. The fraction of sp³-hybridized carbons (Fsp3) is 0.250. The molecule has 0 saturated carbocycles.